The van der Waals surface area contributed by atoms with Crippen molar-refractivity contribution < 1.29 is 18.3 Å². The van der Waals surface area contributed by atoms with Crippen LogP contribution in [-0.4, -0.2) is 72.9 Å². The van der Waals surface area contributed by atoms with Crippen molar-refractivity contribution in [2.45, 2.75) is 4.90 Å². The van der Waals surface area contributed by atoms with Crippen LogP contribution in [0, 0.1) is 0 Å². The van der Waals surface area contributed by atoms with Gasteiger partial charge in [0, 0.05) is 33.6 Å². The zero-order valence-electron chi connectivity index (χ0n) is 20.0. The number of nitrogens with one attached hydrogen (secondary N) is 1. The Balaban J connectivity index is 1.66. The quantitative estimate of drug-likeness (QED) is 0.262. The van der Waals surface area contributed by atoms with Crippen LogP contribution in [-0.2, 0) is 14.8 Å². The van der Waals surface area contributed by atoms with Gasteiger partial charge < -0.3 is 15.3 Å². The fourth-order valence-corrected chi connectivity index (χ4v) is 6.76. The van der Waals surface area contributed by atoms with Crippen molar-refractivity contribution in [2.75, 3.05) is 43.4 Å². The second kappa shape index (κ2) is 11.2. The van der Waals surface area contributed by atoms with Gasteiger partial charge in [0.2, 0.25) is 0 Å². The summed E-state index contributed by atoms with van der Waals surface area (Å²) in [5.74, 6) is -0.0159. The summed E-state index contributed by atoms with van der Waals surface area (Å²) in [6.07, 6.45) is 1.80. The maximum absolute atomic E-state index is 13.5. The molecule has 2 N–H and O–H groups in total. The van der Waals surface area contributed by atoms with Gasteiger partial charge in [-0.1, -0.05) is 31.9 Å². The molecule has 2 aromatic carbocycles. The molecule has 0 amide bonds. The number of hydrogen-bond donors (Lipinski definition) is 2. The van der Waals surface area contributed by atoms with E-state index in [2.05, 4.69) is 52.3 Å². The highest BCUT2D eigenvalue weighted by Crippen LogP contribution is 2.31. The van der Waals surface area contributed by atoms with E-state index in [0.717, 1.165) is 22.9 Å². The third-order valence-electron chi connectivity index (χ3n) is 5.43. The second-order valence-corrected chi connectivity index (χ2v) is 12.1. The number of carbonyl (C=O) groups is 1. The molecule has 0 spiro atoms. The molecule has 37 heavy (non-hydrogen) atoms. The van der Waals surface area contributed by atoms with Gasteiger partial charge in [0.15, 0.2) is 5.82 Å². The molecule has 0 saturated carbocycles. The highest BCUT2D eigenvalue weighted by atomic mass is 79.9. The van der Waals surface area contributed by atoms with Crippen LogP contribution < -0.4 is 9.62 Å². The number of aliphatic carboxylic acids is 1. The van der Waals surface area contributed by atoms with E-state index in [1.807, 2.05) is 36.9 Å². The summed E-state index contributed by atoms with van der Waals surface area (Å²) in [4.78, 5) is 13.6. The van der Waals surface area contributed by atoms with Gasteiger partial charge in [-0.05, 0) is 68.7 Å². The van der Waals surface area contributed by atoms with E-state index >= 15 is 0 Å². The first-order valence-electron chi connectivity index (χ1n) is 11.1. The fraction of sp³-hybridized carbons (Fsp3) is 0.208. The summed E-state index contributed by atoms with van der Waals surface area (Å²) in [5.41, 5.74) is 1.000. The van der Waals surface area contributed by atoms with E-state index in [4.69, 9.17) is 0 Å². The molecule has 0 aliphatic heterocycles. The van der Waals surface area contributed by atoms with Crippen LogP contribution in [0.4, 0.5) is 11.5 Å². The van der Waals surface area contributed by atoms with Gasteiger partial charge >= 0.3 is 5.97 Å². The first-order chi connectivity index (χ1) is 17.5. The number of likely N-dealkylation sites (N-methyl/N-ethyl adjacent to an activating group) is 1. The van der Waals surface area contributed by atoms with E-state index in [0.29, 0.717) is 26.0 Å². The number of rotatable bonds is 10. The molecule has 0 radical (unpaired) electrons. The molecule has 194 valence electrons. The molecule has 0 atom stereocenters. The van der Waals surface area contributed by atoms with Crippen molar-refractivity contribution >= 4 is 70.3 Å². The number of fused-ring (bicyclic) bond motifs is 1. The lowest BCUT2D eigenvalue weighted by Crippen LogP contribution is -2.35. The van der Waals surface area contributed by atoms with Crippen LogP contribution in [0.5, 0.6) is 0 Å². The molecule has 0 aliphatic rings. The Morgan fingerprint density at radius 2 is 1.76 bits per heavy atom. The van der Waals surface area contributed by atoms with Crippen LogP contribution in [0.1, 0.15) is 0 Å². The van der Waals surface area contributed by atoms with Crippen molar-refractivity contribution in [3.63, 3.8) is 0 Å². The van der Waals surface area contributed by atoms with Crippen molar-refractivity contribution in [3.8, 4) is 5.82 Å². The highest BCUT2D eigenvalue weighted by molar-refractivity contribution is 9.11. The van der Waals surface area contributed by atoms with E-state index in [9.17, 15) is 18.3 Å². The van der Waals surface area contributed by atoms with Gasteiger partial charge in [0.25, 0.3) is 10.0 Å². The van der Waals surface area contributed by atoms with Gasteiger partial charge in [0.05, 0.1) is 16.1 Å². The molecule has 0 saturated heterocycles. The van der Waals surface area contributed by atoms with Crippen molar-refractivity contribution in [3.05, 3.63) is 69.7 Å². The summed E-state index contributed by atoms with van der Waals surface area (Å²) in [5, 5.41) is 22.0. The van der Waals surface area contributed by atoms with Gasteiger partial charge in [-0.25, -0.2) is 8.42 Å². The third kappa shape index (κ3) is 6.29. The fourth-order valence-electron chi connectivity index (χ4n) is 3.68. The molecule has 0 fully saturated rings. The standard InChI is InChI=1S/C24H24Br2N6O4S/c1-30(2)10-8-27-22-5-6-23(29-28-22)31-9-7-16-11-19(3-4-21(16)31)32(15-24(33)34)37(35,36)20-13-17(25)12-18(26)14-20/h3-7,9,11-14H,8,10,15H2,1-2H3,(H,27,28)(H,33,34). The minimum atomic E-state index is -4.17. The zero-order valence-corrected chi connectivity index (χ0v) is 24.0. The number of hydrogen-bond acceptors (Lipinski definition) is 7. The number of anilines is 2. The van der Waals surface area contributed by atoms with E-state index in [-0.39, 0.29) is 10.6 Å². The first-order valence-corrected chi connectivity index (χ1v) is 14.1. The Morgan fingerprint density at radius 3 is 2.38 bits per heavy atom. The molecule has 4 aromatic rings. The maximum Gasteiger partial charge on any atom is 0.324 e. The van der Waals surface area contributed by atoms with Gasteiger partial charge in [-0.2, -0.15) is 0 Å². The van der Waals surface area contributed by atoms with Crippen LogP contribution in [0.25, 0.3) is 16.7 Å². The number of aromatic nitrogens is 3. The molecule has 2 heterocycles. The normalized spacial score (nSPS) is 11.7. The predicted molar refractivity (Wildman–Crippen MR) is 150 cm³/mol. The minimum Gasteiger partial charge on any atom is -0.480 e. The predicted octanol–water partition coefficient (Wildman–Crippen LogP) is 4.20. The number of sulfonamides is 1. The summed E-state index contributed by atoms with van der Waals surface area (Å²) in [6.45, 7) is 0.872. The molecular formula is C24H24Br2N6O4S. The Morgan fingerprint density at radius 1 is 1.03 bits per heavy atom. The van der Waals surface area contributed by atoms with Crippen LogP contribution in [0.2, 0.25) is 0 Å². The molecule has 4 rings (SSSR count). The Hall–Kier alpha value is -3.00. The SMILES string of the molecule is CN(C)CCNc1ccc(-n2ccc3cc(N(CC(=O)O)S(=O)(=O)c4cc(Br)cc(Br)c4)ccc32)nn1. The number of carboxylic acids is 1. The van der Waals surface area contributed by atoms with E-state index < -0.39 is 22.5 Å². The number of carboxylic acid groups (broad SMARTS) is 1. The number of nitrogens with zero attached hydrogens (tertiary/aromatic N) is 5. The van der Waals surface area contributed by atoms with Gasteiger partial charge in [-0.3, -0.25) is 13.7 Å². The second-order valence-electron chi connectivity index (χ2n) is 8.45. The molecule has 0 bridgehead atoms. The zero-order chi connectivity index (χ0) is 26.7. The summed E-state index contributed by atoms with van der Waals surface area (Å²) < 4.78 is 30.7. The molecule has 0 unspecified atom stereocenters. The first kappa shape index (κ1) is 27.0. The van der Waals surface area contributed by atoms with Crippen molar-refractivity contribution in [2.24, 2.45) is 0 Å². The lowest BCUT2D eigenvalue weighted by molar-refractivity contribution is -0.135. The summed E-state index contributed by atoms with van der Waals surface area (Å²) >= 11 is 6.59. The molecule has 13 heteroatoms. The third-order valence-corrected chi connectivity index (χ3v) is 8.09. The lowest BCUT2D eigenvalue weighted by Gasteiger charge is -2.23. The molecule has 0 aliphatic carbocycles. The Bertz CT molecular complexity index is 1520. The Kier molecular flexibility index (Phi) is 8.17. The smallest absolute Gasteiger partial charge is 0.324 e. The van der Waals surface area contributed by atoms with Crippen LogP contribution in [0.3, 0.4) is 0 Å². The summed E-state index contributed by atoms with van der Waals surface area (Å²) in [7, 11) is -0.183. The Labute approximate surface area is 231 Å². The highest BCUT2D eigenvalue weighted by Gasteiger charge is 2.28. The number of benzene rings is 2. The van der Waals surface area contributed by atoms with E-state index in [1.54, 1.807) is 30.5 Å². The van der Waals surface area contributed by atoms with Gasteiger partial charge in [-0.15, -0.1) is 10.2 Å². The maximum atomic E-state index is 13.5. The van der Waals surface area contributed by atoms with Crippen molar-refractivity contribution in [1.29, 1.82) is 0 Å². The van der Waals surface area contributed by atoms with Gasteiger partial charge in [0.1, 0.15) is 12.4 Å². The molecular weight excluding hydrogens is 628 g/mol. The largest absolute Gasteiger partial charge is 0.480 e. The molecule has 10 nitrogen and oxygen atoms in total. The molecule has 2 aromatic heterocycles. The average molecular weight is 652 g/mol. The van der Waals surface area contributed by atoms with E-state index in [1.165, 1.54) is 12.1 Å². The van der Waals surface area contributed by atoms with Crippen molar-refractivity contribution in [1.82, 2.24) is 19.7 Å². The monoisotopic (exact) mass is 650 g/mol. The average Bonchev–Trinajstić information content (AvgIpc) is 3.25. The number of halogens is 2. The summed E-state index contributed by atoms with van der Waals surface area (Å²) in [6, 6.07) is 15.0. The minimum absolute atomic E-state index is 0.0396. The van der Waals surface area contributed by atoms with Crippen LogP contribution >= 0.6 is 31.9 Å². The van der Waals surface area contributed by atoms with Crippen LogP contribution in [0.15, 0.2) is 74.6 Å². The lowest BCUT2D eigenvalue weighted by atomic mass is 10.2. The topological polar surface area (TPSA) is 121 Å².